The average molecular weight is 456 g/mol. The van der Waals surface area contributed by atoms with Crippen LogP contribution in [0.2, 0.25) is 0 Å². The lowest BCUT2D eigenvalue weighted by molar-refractivity contribution is -0.119. The van der Waals surface area contributed by atoms with E-state index in [2.05, 4.69) is 10.0 Å². The van der Waals surface area contributed by atoms with E-state index in [1.165, 1.54) is 48.5 Å². The van der Waals surface area contributed by atoms with Crippen LogP contribution in [0.4, 0.5) is 14.5 Å². The van der Waals surface area contributed by atoms with Crippen LogP contribution in [0.5, 0.6) is 0 Å². The van der Waals surface area contributed by atoms with E-state index in [9.17, 15) is 26.8 Å². The second-order valence-corrected chi connectivity index (χ2v) is 9.22. The molecule has 0 spiro atoms. The van der Waals surface area contributed by atoms with E-state index in [4.69, 9.17) is 4.74 Å². The van der Waals surface area contributed by atoms with Crippen LogP contribution < -0.4 is 10.0 Å². The SMILES string of the molecule is O=C(COC(=O)c1ccc(S(=O)(=O)NC2CC2)cc1)Nc1ccc(SC(F)F)cc1. The number of esters is 1. The molecule has 0 saturated heterocycles. The summed E-state index contributed by atoms with van der Waals surface area (Å²) in [5.41, 5.74) is 0.467. The van der Waals surface area contributed by atoms with Gasteiger partial charge in [-0.25, -0.2) is 17.9 Å². The minimum atomic E-state index is -3.62. The highest BCUT2D eigenvalue weighted by Crippen LogP contribution is 2.26. The maximum Gasteiger partial charge on any atom is 0.338 e. The number of anilines is 1. The molecule has 0 atom stereocenters. The Morgan fingerprint density at radius 2 is 1.70 bits per heavy atom. The summed E-state index contributed by atoms with van der Waals surface area (Å²) in [6.07, 6.45) is 1.62. The number of halogens is 2. The number of carbonyl (C=O) groups is 2. The Balaban J connectivity index is 1.49. The second-order valence-electron chi connectivity index (χ2n) is 6.45. The molecular weight excluding hydrogens is 438 g/mol. The molecule has 0 radical (unpaired) electrons. The Morgan fingerprint density at radius 1 is 1.07 bits per heavy atom. The summed E-state index contributed by atoms with van der Waals surface area (Å²) in [7, 11) is -3.62. The molecule has 0 aromatic heterocycles. The molecule has 160 valence electrons. The largest absolute Gasteiger partial charge is 0.452 e. The van der Waals surface area contributed by atoms with Gasteiger partial charge in [-0.3, -0.25) is 4.79 Å². The Morgan fingerprint density at radius 3 is 2.27 bits per heavy atom. The number of carbonyl (C=O) groups excluding carboxylic acids is 2. The van der Waals surface area contributed by atoms with Crippen LogP contribution in [0.15, 0.2) is 58.3 Å². The van der Waals surface area contributed by atoms with E-state index in [-0.39, 0.29) is 16.5 Å². The lowest BCUT2D eigenvalue weighted by atomic mass is 10.2. The number of ether oxygens (including phenoxy) is 1. The van der Waals surface area contributed by atoms with Crippen LogP contribution in [0.25, 0.3) is 0 Å². The average Bonchev–Trinajstić information content (AvgIpc) is 3.50. The summed E-state index contributed by atoms with van der Waals surface area (Å²) in [6, 6.07) is 11.0. The molecule has 30 heavy (non-hydrogen) atoms. The van der Waals surface area contributed by atoms with Gasteiger partial charge in [-0.1, -0.05) is 11.8 Å². The lowest BCUT2D eigenvalue weighted by Gasteiger charge is -2.08. The van der Waals surface area contributed by atoms with Gasteiger partial charge < -0.3 is 10.1 Å². The molecule has 0 bridgehead atoms. The number of sulfonamides is 1. The van der Waals surface area contributed by atoms with Gasteiger partial charge >= 0.3 is 5.97 Å². The maximum atomic E-state index is 12.3. The van der Waals surface area contributed by atoms with Gasteiger partial charge in [-0.05, 0) is 61.4 Å². The van der Waals surface area contributed by atoms with Crippen molar-refractivity contribution in [1.29, 1.82) is 0 Å². The van der Waals surface area contributed by atoms with E-state index >= 15 is 0 Å². The smallest absolute Gasteiger partial charge is 0.338 e. The number of hydrogen-bond donors (Lipinski definition) is 2. The Bertz CT molecular complexity index is 1010. The number of nitrogens with one attached hydrogen (secondary N) is 2. The highest BCUT2D eigenvalue weighted by atomic mass is 32.2. The lowest BCUT2D eigenvalue weighted by Crippen LogP contribution is -2.25. The third-order valence-electron chi connectivity index (χ3n) is 4.00. The first-order chi connectivity index (χ1) is 14.2. The maximum absolute atomic E-state index is 12.3. The zero-order chi connectivity index (χ0) is 21.7. The van der Waals surface area contributed by atoms with Crippen LogP contribution in [0, 0.1) is 0 Å². The van der Waals surface area contributed by atoms with Crippen molar-refractivity contribution in [2.45, 2.75) is 34.4 Å². The standard InChI is InChI=1S/C19H18F2N2O5S2/c20-19(21)29-15-7-5-13(6-8-15)22-17(24)11-28-18(25)12-1-9-16(10-2-12)30(26,27)23-14-3-4-14/h1-2,5-10,14,19,23H,3-4,11H2,(H,22,24). The minimum Gasteiger partial charge on any atom is -0.452 e. The summed E-state index contributed by atoms with van der Waals surface area (Å²) in [5.74, 6) is -3.92. The molecule has 1 aliphatic rings. The van der Waals surface area contributed by atoms with E-state index in [1.807, 2.05) is 0 Å². The molecule has 11 heteroatoms. The van der Waals surface area contributed by atoms with Crippen LogP contribution in [-0.4, -0.2) is 38.7 Å². The third kappa shape index (κ3) is 6.51. The van der Waals surface area contributed by atoms with Crippen molar-refractivity contribution in [3.8, 4) is 0 Å². The summed E-state index contributed by atoms with van der Waals surface area (Å²) in [4.78, 5) is 24.4. The molecule has 1 amide bonds. The summed E-state index contributed by atoms with van der Waals surface area (Å²) < 4.78 is 56.3. The number of alkyl halides is 2. The fraction of sp³-hybridized carbons (Fsp3) is 0.263. The second kappa shape index (κ2) is 9.54. The Kier molecular flexibility index (Phi) is 7.06. The topological polar surface area (TPSA) is 102 Å². The van der Waals surface area contributed by atoms with Gasteiger partial charge in [0.2, 0.25) is 10.0 Å². The molecule has 7 nitrogen and oxygen atoms in total. The molecule has 2 aromatic rings. The van der Waals surface area contributed by atoms with Gasteiger partial charge in [0.15, 0.2) is 6.61 Å². The number of amides is 1. The van der Waals surface area contributed by atoms with Crippen molar-refractivity contribution in [2.24, 2.45) is 0 Å². The van der Waals surface area contributed by atoms with Gasteiger partial charge in [0.05, 0.1) is 10.5 Å². The predicted molar refractivity (Wildman–Crippen MR) is 107 cm³/mol. The zero-order valence-electron chi connectivity index (χ0n) is 15.5. The van der Waals surface area contributed by atoms with Crippen molar-refractivity contribution in [1.82, 2.24) is 4.72 Å². The van der Waals surface area contributed by atoms with Gasteiger partial charge in [0, 0.05) is 16.6 Å². The van der Waals surface area contributed by atoms with Crippen molar-refractivity contribution in [3.05, 3.63) is 54.1 Å². The molecule has 1 saturated carbocycles. The van der Waals surface area contributed by atoms with Crippen molar-refractivity contribution in [3.63, 3.8) is 0 Å². The normalized spacial score (nSPS) is 13.8. The summed E-state index contributed by atoms with van der Waals surface area (Å²) in [5, 5.41) is 2.48. The fourth-order valence-corrected chi connectivity index (χ4v) is 4.19. The highest BCUT2D eigenvalue weighted by molar-refractivity contribution is 7.99. The molecule has 0 unspecified atom stereocenters. The predicted octanol–water partition coefficient (Wildman–Crippen LogP) is 3.24. The fourth-order valence-electron chi connectivity index (χ4n) is 2.39. The Hall–Kier alpha value is -2.50. The van der Waals surface area contributed by atoms with E-state index in [1.54, 1.807) is 0 Å². The van der Waals surface area contributed by atoms with Gasteiger partial charge in [0.25, 0.3) is 11.7 Å². The quantitative estimate of drug-likeness (QED) is 0.444. The zero-order valence-corrected chi connectivity index (χ0v) is 17.1. The Labute approximate surface area is 176 Å². The molecule has 0 aliphatic heterocycles. The number of benzene rings is 2. The van der Waals surface area contributed by atoms with Crippen LogP contribution >= 0.6 is 11.8 Å². The monoisotopic (exact) mass is 456 g/mol. The molecule has 0 heterocycles. The number of rotatable bonds is 9. The third-order valence-corrected chi connectivity index (χ3v) is 6.26. The van der Waals surface area contributed by atoms with E-state index < -0.39 is 34.3 Å². The number of hydrogen-bond acceptors (Lipinski definition) is 6. The molecule has 2 N–H and O–H groups in total. The number of thioether (sulfide) groups is 1. The highest BCUT2D eigenvalue weighted by Gasteiger charge is 2.28. The minimum absolute atomic E-state index is 0.0302. The van der Waals surface area contributed by atoms with Crippen molar-refractivity contribution >= 4 is 39.3 Å². The molecule has 3 rings (SSSR count). The van der Waals surface area contributed by atoms with Crippen molar-refractivity contribution in [2.75, 3.05) is 11.9 Å². The molecule has 1 aliphatic carbocycles. The van der Waals surface area contributed by atoms with Crippen LogP contribution in [-0.2, 0) is 19.6 Å². The van der Waals surface area contributed by atoms with Crippen LogP contribution in [0.3, 0.4) is 0 Å². The van der Waals surface area contributed by atoms with Gasteiger partial charge in [-0.15, -0.1) is 0 Å². The van der Waals surface area contributed by atoms with E-state index in [0.29, 0.717) is 22.3 Å². The van der Waals surface area contributed by atoms with Gasteiger partial charge in [0.1, 0.15) is 0 Å². The molecular formula is C19H18F2N2O5S2. The van der Waals surface area contributed by atoms with Crippen molar-refractivity contribution < 1.29 is 31.5 Å². The molecule has 2 aromatic carbocycles. The summed E-state index contributed by atoms with van der Waals surface area (Å²) in [6.45, 7) is -0.560. The van der Waals surface area contributed by atoms with Crippen LogP contribution in [0.1, 0.15) is 23.2 Å². The first kappa shape index (κ1) is 22.2. The molecule has 1 fully saturated rings. The first-order valence-electron chi connectivity index (χ1n) is 8.87. The van der Waals surface area contributed by atoms with Gasteiger partial charge in [-0.2, -0.15) is 8.78 Å². The first-order valence-corrected chi connectivity index (χ1v) is 11.2. The van der Waals surface area contributed by atoms with E-state index in [0.717, 1.165) is 12.8 Å². The summed E-state index contributed by atoms with van der Waals surface area (Å²) >= 11 is 0.389.